The number of furan rings is 1. The number of hydrogen-bond donors (Lipinski definition) is 0. The quantitative estimate of drug-likeness (QED) is 0.151. The first kappa shape index (κ1) is 39.4. The molecule has 1 saturated carbocycles. The minimum atomic E-state index is -0.463. The third kappa shape index (κ3) is 6.24. The van der Waals surface area contributed by atoms with E-state index in [0.29, 0.717) is 5.92 Å². The van der Waals surface area contributed by atoms with Gasteiger partial charge in [0.2, 0.25) is 0 Å². The summed E-state index contributed by atoms with van der Waals surface area (Å²) in [6.07, 6.45) is 6.43. The number of nitrogens with zero attached hydrogens (tertiary/aromatic N) is 1. The van der Waals surface area contributed by atoms with Crippen molar-refractivity contribution in [3.8, 4) is 33.4 Å². The van der Waals surface area contributed by atoms with Crippen LogP contribution in [0.2, 0.25) is 0 Å². The molecule has 0 atom stereocenters. The molecule has 0 saturated heterocycles. The summed E-state index contributed by atoms with van der Waals surface area (Å²) in [7, 11) is 0. The van der Waals surface area contributed by atoms with Crippen molar-refractivity contribution in [2.75, 3.05) is 4.90 Å². The van der Waals surface area contributed by atoms with Crippen molar-refractivity contribution in [1.82, 2.24) is 0 Å². The Labute approximate surface area is 392 Å². The molecule has 0 aliphatic heterocycles. The number of para-hydroxylation sites is 2. The van der Waals surface area contributed by atoms with E-state index in [9.17, 15) is 0 Å². The van der Waals surface area contributed by atoms with Crippen molar-refractivity contribution < 1.29 is 4.42 Å². The maximum Gasteiger partial charge on any atom is 0.137 e. The van der Waals surface area contributed by atoms with Gasteiger partial charge in [-0.15, -0.1) is 0 Å². The zero-order valence-electron chi connectivity index (χ0n) is 37.4. The third-order valence-corrected chi connectivity index (χ3v) is 15.0. The van der Waals surface area contributed by atoms with Crippen LogP contribution in [0.25, 0.3) is 66.1 Å². The Balaban J connectivity index is 1.02. The molecule has 1 fully saturated rings. The molecule has 2 heteroatoms. The first-order valence-electron chi connectivity index (χ1n) is 24.0. The van der Waals surface area contributed by atoms with Gasteiger partial charge in [-0.05, 0) is 122 Å². The van der Waals surface area contributed by atoms with Gasteiger partial charge in [-0.2, -0.15) is 0 Å². The van der Waals surface area contributed by atoms with Crippen molar-refractivity contribution in [2.45, 2.75) is 43.4 Å². The van der Waals surface area contributed by atoms with E-state index in [-0.39, 0.29) is 0 Å². The lowest BCUT2D eigenvalue weighted by Crippen LogP contribution is -2.28. The average molecular weight is 860 g/mol. The van der Waals surface area contributed by atoms with Crippen LogP contribution < -0.4 is 4.90 Å². The summed E-state index contributed by atoms with van der Waals surface area (Å²) < 4.78 is 6.57. The lowest BCUT2D eigenvalue weighted by Gasteiger charge is -2.34. The van der Waals surface area contributed by atoms with E-state index < -0.39 is 5.41 Å². The van der Waals surface area contributed by atoms with Gasteiger partial charge in [-0.25, -0.2) is 0 Å². The molecule has 13 rings (SSSR count). The van der Waals surface area contributed by atoms with E-state index in [1.165, 1.54) is 104 Å². The Bertz CT molecular complexity index is 3570. The monoisotopic (exact) mass is 859 g/mol. The Morgan fingerprint density at radius 2 is 0.985 bits per heavy atom. The van der Waals surface area contributed by atoms with Crippen molar-refractivity contribution in [3.63, 3.8) is 0 Å². The fourth-order valence-electron chi connectivity index (χ4n) is 12.1. The predicted octanol–water partition coefficient (Wildman–Crippen LogP) is 18.0. The van der Waals surface area contributed by atoms with E-state index in [4.69, 9.17) is 4.42 Å². The normalized spacial score (nSPS) is 14.3. The Morgan fingerprint density at radius 3 is 1.78 bits per heavy atom. The second-order valence-corrected chi connectivity index (χ2v) is 18.5. The van der Waals surface area contributed by atoms with Crippen molar-refractivity contribution in [1.29, 1.82) is 0 Å². The predicted molar refractivity (Wildman–Crippen MR) is 280 cm³/mol. The van der Waals surface area contributed by atoms with Gasteiger partial charge in [0.15, 0.2) is 0 Å². The smallest absolute Gasteiger partial charge is 0.137 e. The molecule has 11 aromatic rings. The summed E-state index contributed by atoms with van der Waals surface area (Å²) in [5.74, 6) is 0.567. The topological polar surface area (TPSA) is 16.4 Å². The van der Waals surface area contributed by atoms with E-state index in [0.717, 1.165) is 39.0 Å². The second-order valence-electron chi connectivity index (χ2n) is 18.5. The van der Waals surface area contributed by atoms with Crippen molar-refractivity contribution >= 4 is 49.8 Å². The number of rotatable bonds is 8. The SMILES string of the molecule is c1ccc(C2(c3ccccc3)c3ccccc3-c3c(-c4ccc(N(c5ccccc5-c5cccc6cccc(C7CCCCC7)c56)c5cccc6oc7ccccc7c56)cc4)cccc32)cc1. The van der Waals surface area contributed by atoms with Crippen molar-refractivity contribution in [2.24, 2.45) is 0 Å². The summed E-state index contributed by atoms with van der Waals surface area (Å²) >= 11 is 0. The van der Waals surface area contributed by atoms with Crippen molar-refractivity contribution in [3.05, 3.63) is 258 Å². The molecule has 2 aliphatic carbocycles. The average Bonchev–Trinajstić information content (AvgIpc) is 3.94. The van der Waals surface area contributed by atoms with Crippen LogP contribution in [0.4, 0.5) is 17.1 Å². The van der Waals surface area contributed by atoms with Gasteiger partial charge >= 0.3 is 0 Å². The molecule has 2 aliphatic rings. The lowest BCUT2D eigenvalue weighted by molar-refractivity contribution is 0.445. The fourth-order valence-corrected chi connectivity index (χ4v) is 12.1. The Kier molecular flexibility index (Phi) is 9.53. The van der Waals surface area contributed by atoms with Gasteiger partial charge in [0.05, 0.1) is 22.2 Å². The highest BCUT2D eigenvalue weighted by Gasteiger charge is 2.46. The molecule has 1 heterocycles. The number of hydrogen-bond acceptors (Lipinski definition) is 2. The molecule has 0 amide bonds. The summed E-state index contributed by atoms with van der Waals surface area (Å²) in [6.45, 7) is 0. The molecular formula is C65H49NO. The van der Waals surface area contributed by atoms with Crippen LogP contribution in [-0.2, 0) is 5.41 Å². The summed E-state index contributed by atoms with van der Waals surface area (Å²) in [6, 6.07) is 85.3. The van der Waals surface area contributed by atoms with Crippen LogP contribution in [0, 0.1) is 0 Å². The van der Waals surface area contributed by atoms with Gasteiger partial charge in [0, 0.05) is 16.6 Å². The number of anilines is 3. The maximum atomic E-state index is 6.57. The standard InChI is InChI=1S/C65H49NO/c1-4-20-44(21-5-1)50-31-16-22-46-23-17-33-53(62(46)50)52-28-11-14-36-58(52)66(59-37-19-39-61-64(59)55-30-12-15-38-60(55)67-61)49-42-40-45(41-43-49)51-32-18-35-57-63(51)54-29-10-13-34-56(54)65(57,47-24-6-2-7-25-47)48-26-8-3-9-27-48/h2-3,6-19,22-44H,1,4-5,20-21H2. The zero-order chi connectivity index (χ0) is 44.3. The highest BCUT2D eigenvalue weighted by atomic mass is 16.3. The number of fused-ring (bicyclic) bond motifs is 7. The Hall–Kier alpha value is -7.94. The highest BCUT2D eigenvalue weighted by Crippen LogP contribution is 2.58. The van der Waals surface area contributed by atoms with Crippen LogP contribution in [0.15, 0.2) is 235 Å². The second kappa shape index (κ2) is 16.2. The minimum absolute atomic E-state index is 0.463. The molecule has 0 unspecified atom stereocenters. The van der Waals surface area contributed by atoms with Gasteiger partial charge in [0.1, 0.15) is 11.2 Å². The summed E-state index contributed by atoms with van der Waals surface area (Å²) in [5, 5.41) is 4.89. The van der Waals surface area contributed by atoms with E-state index in [2.05, 4.69) is 235 Å². The van der Waals surface area contributed by atoms with Gasteiger partial charge in [-0.1, -0.05) is 213 Å². The Morgan fingerprint density at radius 1 is 0.403 bits per heavy atom. The van der Waals surface area contributed by atoms with Gasteiger partial charge in [0.25, 0.3) is 0 Å². The maximum absolute atomic E-state index is 6.57. The fraction of sp³-hybridized carbons (Fsp3) is 0.108. The first-order chi connectivity index (χ1) is 33.3. The molecular weight excluding hydrogens is 811 g/mol. The largest absolute Gasteiger partial charge is 0.456 e. The van der Waals surface area contributed by atoms with E-state index in [1.807, 2.05) is 0 Å². The highest BCUT2D eigenvalue weighted by molar-refractivity contribution is 6.14. The first-order valence-corrected chi connectivity index (χ1v) is 24.0. The summed E-state index contributed by atoms with van der Waals surface area (Å²) in [4.78, 5) is 2.48. The molecule has 1 aromatic heterocycles. The van der Waals surface area contributed by atoms with Crippen LogP contribution in [0.5, 0.6) is 0 Å². The van der Waals surface area contributed by atoms with Crippen LogP contribution in [0.1, 0.15) is 65.8 Å². The zero-order valence-corrected chi connectivity index (χ0v) is 37.4. The van der Waals surface area contributed by atoms with Crippen LogP contribution in [0.3, 0.4) is 0 Å². The molecule has 10 aromatic carbocycles. The van der Waals surface area contributed by atoms with Crippen LogP contribution >= 0.6 is 0 Å². The van der Waals surface area contributed by atoms with E-state index in [1.54, 1.807) is 0 Å². The molecule has 0 N–H and O–H groups in total. The molecule has 320 valence electrons. The molecule has 2 nitrogen and oxygen atoms in total. The van der Waals surface area contributed by atoms with Crippen LogP contribution in [-0.4, -0.2) is 0 Å². The number of benzene rings is 10. The van der Waals surface area contributed by atoms with Gasteiger partial charge in [-0.3, -0.25) is 0 Å². The molecule has 0 radical (unpaired) electrons. The lowest BCUT2D eigenvalue weighted by atomic mass is 9.67. The van der Waals surface area contributed by atoms with Gasteiger partial charge < -0.3 is 9.32 Å². The molecule has 67 heavy (non-hydrogen) atoms. The molecule has 0 bridgehead atoms. The molecule has 0 spiro atoms. The van der Waals surface area contributed by atoms with E-state index >= 15 is 0 Å². The summed E-state index contributed by atoms with van der Waals surface area (Å²) in [5.41, 5.74) is 18.7. The third-order valence-electron chi connectivity index (χ3n) is 15.0. The minimum Gasteiger partial charge on any atom is -0.456 e.